The molecule has 8 heteroatoms. The fraction of sp³-hybridized carbons (Fsp3) is 0.238. The Balaban J connectivity index is 1.99. The van der Waals surface area contributed by atoms with Crippen LogP contribution in [0, 0.1) is 0 Å². The third-order valence-electron chi connectivity index (χ3n) is 4.24. The Labute approximate surface area is 168 Å². The van der Waals surface area contributed by atoms with Crippen LogP contribution in [-0.2, 0) is 9.53 Å². The number of benzene rings is 2. The van der Waals surface area contributed by atoms with Gasteiger partial charge in [0.05, 0.1) is 35.5 Å². The summed E-state index contributed by atoms with van der Waals surface area (Å²) in [7, 11) is 7.63. The zero-order valence-electron chi connectivity index (χ0n) is 16.8. The van der Waals surface area contributed by atoms with E-state index in [1.165, 1.54) is 28.4 Å². The third kappa shape index (κ3) is 3.96. The molecule has 0 atom stereocenters. The van der Waals surface area contributed by atoms with Gasteiger partial charge >= 0.3 is 5.97 Å². The van der Waals surface area contributed by atoms with Crippen molar-refractivity contribution in [3.8, 4) is 28.7 Å². The first-order valence-corrected chi connectivity index (χ1v) is 8.59. The highest BCUT2D eigenvalue weighted by atomic mass is 16.6. The second kappa shape index (κ2) is 8.55. The zero-order chi connectivity index (χ0) is 21.0. The van der Waals surface area contributed by atoms with Crippen LogP contribution in [0.15, 0.2) is 41.0 Å². The number of carbonyl (C=O) groups is 1. The minimum atomic E-state index is -0.566. The van der Waals surface area contributed by atoms with Gasteiger partial charge in [0.1, 0.15) is 0 Å². The van der Waals surface area contributed by atoms with Crippen molar-refractivity contribution in [2.45, 2.75) is 0 Å². The van der Waals surface area contributed by atoms with Gasteiger partial charge in [0.25, 0.3) is 0 Å². The molecule has 0 bridgehead atoms. The summed E-state index contributed by atoms with van der Waals surface area (Å²) in [5, 5.41) is 0. The summed E-state index contributed by atoms with van der Waals surface area (Å²) in [6.07, 6.45) is 1.58. The van der Waals surface area contributed by atoms with Crippen molar-refractivity contribution < 1.29 is 33.2 Å². The molecule has 0 amide bonds. The molecule has 152 valence electrons. The largest absolute Gasteiger partial charge is 0.493 e. The third-order valence-corrected chi connectivity index (χ3v) is 4.24. The highest BCUT2D eigenvalue weighted by Gasteiger charge is 2.25. The van der Waals surface area contributed by atoms with Crippen LogP contribution in [-0.4, -0.2) is 47.4 Å². The Hall–Kier alpha value is -3.68. The number of cyclic esters (lactones) is 1. The van der Waals surface area contributed by atoms with E-state index < -0.39 is 5.97 Å². The SMILES string of the molecule is COc1ccc(C2=N/C(=C/c3cc(OC)c(OC)c(OC)c3)C(=O)O2)cc1OC. The molecule has 8 nitrogen and oxygen atoms in total. The van der Waals surface area contributed by atoms with Gasteiger partial charge < -0.3 is 28.4 Å². The molecule has 0 saturated carbocycles. The number of aliphatic imine (C=N–C) groups is 1. The van der Waals surface area contributed by atoms with E-state index in [-0.39, 0.29) is 11.6 Å². The zero-order valence-corrected chi connectivity index (χ0v) is 16.8. The molecule has 3 rings (SSSR count). The molecule has 29 heavy (non-hydrogen) atoms. The van der Waals surface area contributed by atoms with Crippen molar-refractivity contribution in [1.29, 1.82) is 0 Å². The summed E-state index contributed by atoms with van der Waals surface area (Å²) < 4.78 is 31.8. The van der Waals surface area contributed by atoms with Gasteiger partial charge in [-0.15, -0.1) is 0 Å². The van der Waals surface area contributed by atoms with E-state index in [0.717, 1.165) is 0 Å². The summed E-state index contributed by atoms with van der Waals surface area (Å²) in [5.74, 6) is 2.07. The lowest BCUT2D eigenvalue weighted by molar-refractivity contribution is -0.129. The molecule has 0 N–H and O–H groups in total. The van der Waals surface area contributed by atoms with Gasteiger partial charge in [-0.25, -0.2) is 9.79 Å². The highest BCUT2D eigenvalue weighted by molar-refractivity contribution is 6.13. The van der Waals surface area contributed by atoms with Crippen molar-refractivity contribution in [2.75, 3.05) is 35.5 Å². The van der Waals surface area contributed by atoms with Gasteiger partial charge in [-0.2, -0.15) is 0 Å². The lowest BCUT2D eigenvalue weighted by Gasteiger charge is -2.12. The molecule has 0 radical (unpaired) electrons. The van der Waals surface area contributed by atoms with Crippen LogP contribution in [0.2, 0.25) is 0 Å². The van der Waals surface area contributed by atoms with Gasteiger partial charge in [0.2, 0.25) is 11.6 Å². The average molecular weight is 399 g/mol. The van der Waals surface area contributed by atoms with Crippen LogP contribution >= 0.6 is 0 Å². The average Bonchev–Trinajstić information content (AvgIpc) is 3.12. The normalized spacial score (nSPS) is 14.3. The first-order chi connectivity index (χ1) is 14.0. The maximum absolute atomic E-state index is 12.3. The van der Waals surface area contributed by atoms with E-state index >= 15 is 0 Å². The summed E-state index contributed by atoms with van der Waals surface area (Å²) in [5.41, 5.74) is 1.37. The predicted molar refractivity (Wildman–Crippen MR) is 106 cm³/mol. The summed E-state index contributed by atoms with van der Waals surface area (Å²) in [6, 6.07) is 8.56. The van der Waals surface area contributed by atoms with Gasteiger partial charge in [-0.05, 0) is 42.0 Å². The molecule has 0 spiro atoms. The van der Waals surface area contributed by atoms with Gasteiger partial charge in [0, 0.05) is 5.56 Å². The first-order valence-electron chi connectivity index (χ1n) is 8.59. The fourth-order valence-electron chi connectivity index (χ4n) is 2.84. The Morgan fingerprint density at radius 2 is 1.41 bits per heavy atom. The lowest BCUT2D eigenvalue weighted by atomic mass is 10.1. The lowest BCUT2D eigenvalue weighted by Crippen LogP contribution is -2.06. The van der Waals surface area contributed by atoms with Crippen LogP contribution in [0.25, 0.3) is 6.08 Å². The van der Waals surface area contributed by atoms with Crippen molar-refractivity contribution in [2.24, 2.45) is 4.99 Å². The fourth-order valence-corrected chi connectivity index (χ4v) is 2.84. The molecule has 2 aromatic carbocycles. The van der Waals surface area contributed by atoms with Crippen LogP contribution in [0.1, 0.15) is 11.1 Å². The van der Waals surface area contributed by atoms with E-state index in [9.17, 15) is 4.79 Å². The molecule has 1 aliphatic heterocycles. The number of hydrogen-bond donors (Lipinski definition) is 0. The Bertz CT molecular complexity index is 970. The van der Waals surface area contributed by atoms with Crippen molar-refractivity contribution >= 4 is 17.9 Å². The van der Waals surface area contributed by atoms with Crippen molar-refractivity contribution in [1.82, 2.24) is 0 Å². The van der Waals surface area contributed by atoms with E-state index in [1.807, 2.05) is 0 Å². The number of esters is 1. The molecule has 0 saturated heterocycles. The number of ether oxygens (including phenoxy) is 6. The molecular formula is C21H21NO7. The van der Waals surface area contributed by atoms with Crippen molar-refractivity contribution in [3.63, 3.8) is 0 Å². The molecule has 0 aromatic heterocycles. The second-order valence-electron chi connectivity index (χ2n) is 5.86. The minimum absolute atomic E-state index is 0.143. The molecule has 0 fully saturated rings. The molecule has 0 aliphatic carbocycles. The summed E-state index contributed by atoms with van der Waals surface area (Å²) in [4.78, 5) is 16.6. The van der Waals surface area contributed by atoms with E-state index in [4.69, 9.17) is 28.4 Å². The monoisotopic (exact) mass is 399 g/mol. The number of methoxy groups -OCH3 is 5. The molecule has 2 aromatic rings. The molecule has 1 heterocycles. The Kier molecular flexibility index (Phi) is 5.92. The summed E-state index contributed by atoms with van der Waals surface area (Å²) in [6.45, 7) is 0. The smallest absolute Gasteiger partial charge is 0.363 e. The van der Waals surface area contributed by atoms with E-state index in [2.05, 4.69) is 4.99 Å². The van der Waals surface area contributed by atoms with Crippen LogP contribution in [0.5, 0.6) is 28.7 Å². The Morgan fingerprint density at radius 1 is 0.793 bits per heavy atom. The van der Waals surface area contributed by atoms with Gasteiger partial charge in [-0.1, -0.05) is 0 Å². The van der Waals surface area contributed by atoms with E-state index in [1.54, 1.807) is 43.5 Å². The standard InChI is InChI=1S/C21H21NO7/c1-24-15-7-6-13(11-16(15)25-2)20-22-14(21(23)29-20)8-12-9-17(26-3)19(28-5)18(10-12)27-4/h6-11H,1-5H3/b14-8+. The van der Waals surface area contributed by atoms with Gasteiger partial charge in [0.15, 0.2) is 28.7 Å². The van der Waals surface area contributed by atoms with Crippen LogP contribution in [0.4, 0.5) is 0 Å². The quantitative estimate of drug-likeness (QED) is 0.522. The van der Waals surface area contributed by atoms with Crippen LogP contribution in [0.3, 0.4) is 0 Å². The molecule has 0 unspecified atom stereocenters. The second-order valence-corrected chi connectivity index (χ2v) is 5.86. The number of rotatable bonds is 7. The maximum atomic E-state index is 12.3. The Morgan fingerprint density at radius 3 is 1.97 bits per heavy atom. The number of hydrogen-bond acceptors (Lipinski definition) is 8. The van der Waals surface area contributed by atoms with E-state index in [0.29, 0.717) is 39.9 Å². The number of carbonyl (C=O) groups excluding carboxylic acids is 1. The summed E-state index contributed by atoms with van der Waals surface area (Å²) >= 11 is 0. The topological polar surface area (TPSA) is 84.8 Å². The van der Waals surface area contributed by atoms with Gasteiger partial charge in [-0.3, -0.25) is 0 Å². The molecule has 1 aliphatic rings. The van der Waals surface area contributed by atoms with Crippen LogP contribution < -0.4 is 23.7 Å². The first kappa shape index (κ1) is 20.1. The van der Waals surface area contributed by atoms with Crippen molar-refractivity contribution in [3.05, 3.63) is 47.2 Å². The predicted octanol–water partition coefficient (Wildman–Crippen LogP) is 3.07. The highest BCUT2D eigenvalue weighted by Crippen LogP contribution is 2.39. The maximum Gasteiger partial charge on any atom is 0.363 e. The number of nitrogens with zero attached hydrogens (tertiary/aromatic N) is 1. The minimum Gasteiger partial charge on any atom is -0.493 e. The molecular weight excluding hydrogens is 378 g/mol.